The molecule has 0 fully saturated rings. The minimum atomic E-state index is -0.264. The van der Waals surface area contributed by atoms with Crippen LogP contribution in [0.5, 0.6) is 11.5 Å². The van der Waals surface area contributed by atoms with Crippen LogP contribution in [0, 0.1) is 6.92 Å². The van der Waals surface area contributed by atoms with Gasteiger partial charge in [0.15, 0.2) is 17.3 Å². The van der Waals surface area contributed by atoms with E-state index in [0.29, 0.717) is 28.8 Å². The van der Waals surface area contributed by atoms with Gasteiger partial charge in [-0.1, -0.05) is 5.16 Å². The van der Waals surface area contributed by atoms with Crippen LogP contribution in [0.15, 0.2) is 28.8 Å². The van der Waals surface area contributed by atoms with Crippen molar-refractivity contribution in [1.29, 1.82) is 0 Å². The van der Waals surface area contributed by atoms with Gasteiger partial charge in [0.05, 0.1) is 14.2 Å². The molecule has 0 aliphatic carbocycles. The lowest BCUT2D eigenvalue weighted by Crippen LogP contribution is -2.32. The van der Waals surface area contributed by atoms with Crippen LogP contribution in [0.4, 0.5) is 11.5 Å². The molecule has 0 spiro atoms. The summed E-state index contributed by atoms with van der Waals surface area (Å²) in [5.74, 6) is 1.58. The minimum Gasteiger partial charge on any atom is -0.493 e. The Morgan fingerprint density at radius 2 is 1.92 bits per heavy atom. The Morgan fingerprint density at radius 1 is 1.20 bits per heavy atom. The predicted molar refractivity (Wildman–Crippen MR) is 92.1 cm³/mol. The second kappa shape index (κ2) is 8.18. The van der Waals surface area contributed by atoms with Crippen molar-refractivity contribution in [2.45, 2.75) is 20.3 Å². The van der Waals surface area contributed by atoms with Crippen molar-refractivity contribution in [2.24, 2.45) is 0 Å². The Morgan fingerprint density at radius 3 is 2.48 bits per heavy atom. The van der Waals surface area contributed by atoms with Gasteiger partial charge in [-0.25, -0.2) is 0 Å². The molecule has 2 aromatic rings. The zero-order valence-electron chi connectivity index (χ0n) is 14.7. The number of nitrogens with one attached hydrogen (secondary N) is 1. The molecule has 0 radical (unpaired) electrons. The number of hydrogen-bond donors (Lipinski definition) is 1. The monoisotopic (exact) mass is 347 g/mol. The molecule has 1 N–H and O–H groups in total. The summed E-state index contributed by atoms with van der Waals surface area (Å²) in [6, 6.07) is 6.76. The molecule has 134 valence electrons. The van der Waals surface area contributed by atoms with Crippen molar-refractivity contribution < 1.29 is 23.6 Å². The number of carbonyl (C=O) groups is 2. The Labute approximate surface area is 145 Å². The van der Waals surface area contributed by atoms with Crippen LogP contribution in [0.25, 0.3) is 0 Å². The Kier molecular flexibility index (Phi) is 5.99. The van der Waals surface area contributed by atoms with Crippen LogP contribution < -0.4 is 19.7 Å². The van der Waals surface area contributed by atoms with Crippen LogP contribution in [0.1, 0.15) is 19.1 Å². The van der Waals surface area contributed by atoms with E-state index >= 15 is 0 Å². The van der Waals surface area contributed by atoms with E-state index in [9.17, 15) is 9.59 Å². The molecule has 2 amide bonds. The molecule has 1 heterocycles. The van der Waals surface area contributed by atoms with E-state index in [2.05, 4.69) is 10.5 Å². The molecule has 25 heavy (non-hydrogen) atoms. The van der Waals surface area contributed by atoms with Gasteiger partial charge in [0.2, 0.25) is 11.8 Å². The zero-order chi connectivity index (χ0) is 18.4. The maximum absolute atomic E-state index is 12.0. The summed E-state index contributed by atoms with van der Waals surface area (Å²) in [6.07, 6.45) is 0.111. The first-order valence-corrected chi connectivity index (χ1v) is 7.68. The summed E-state index contributed by atoms with van der Waals surface area (Å²) in [5.41, 5.74) is 0.621. The number of benzene rings is 1. The average Bonchev–Trinajstić information content (AvgIpc) is 2.99. The number of aromatic nitrogens is 1. The predicted octanol–water partition coefficient (Wildman–Crippen LogP) is 2.38. The Hall–Kier alpha value is -3.03. The van der Waals surface area contributed by atoms with Crippen LogP contribution in [0.2, 0.25) is 0 Å². The summed E-state index contributed by atoms with van der Waals surface area (Å²) in [6.45, 7) is 3.39. The number of hydrogen-bond acceptors (Lipinski definition) is 6. The first-order valence-electron chi connectivity index (χ1n) is 7.68. The van der Waals surface area contributed by atoms with Crippen LogP contribution in [-0.2, 0) is 9.59 Å². The highest BCUT2D eigenvalue weighted by Gasteiger charge is 2.16. The Balaban J connectivity index is 2.05. The van der Waals surface area contributed by atoms with Gasteiger partial charge in [-0.3, -0.25) is 9.59 Å². The lowest BCUT2D eigenvalue weighted by Gasteiger charge is -2.22. The molecular formula is C17H21N3O5. The quantitative estimate of drug-likeness (QED) is 0.826. The lowest BCUT2D eigenvalue weighted by molar-refractivity contribution is -0.117. The molecule has 8 heteroatoms. The van der Waals surface area contributed by atoms with Crippen molar-refractivity contribution in [2.75, 3.05) is 31.0 Å². The molecule has 8 nitrogen and oxygen atoms in total. The van der Waals surface area contributed by atoms with E-state index in [4.69, 9.17) is 14.0 Å². The molecule has 0 atom stereocenters. The topological polar surface area (TPSA) is 93.9 Å². The first-order chi connectivity index (χ1) is 11.9. The summed E-state index contributed by atoms with van der Waals surface area (Å²) in [5, 5.41) is 6.32. The third-order valence-electron chi connectivity index (χ3n) is 3.52. The first kappa shape index (κ1) is 18.3. The molecule has 0 aliphatic heterocycles. The van der Waals surface area contributed by atoms with Crippen LogP contribution in [-0.4, -0.2) is 37.7 Å². The lowest BCUT2D eigenvalue weighted by atomic mass is 10.2. The van der Waals surface area contributed by atoms with Crippen molar-refractivity contribution in [3.63, 3.8) is 0 Å². The van der Waals surface area contributed by atoms with Gasteiger partial charge in [-0.2, -0.15) is 0 Å². The number of methoxy groups -OCH3 is 2. The van der Waals surface area contributed by atoms with Gasteiger partial charge in [-0.15, -0.1) is 0 Å². The molecule has 0 aliphatic rings. The second-order valence-corrected chi connectivity index (χ2v) is 5.33. The normalized spacial score (nSPS) is 10.2. The number of ether oxygens (including phenoxy) is 2. The molecule has 1 aromatic carbocycles. The molecule has 0 saturated carbocycles. The summed E-state index contributed by atoms with van der Waals surface area (Å²) >= 11 is 0. The number of carbonyl (C=O) groups excluding carboxylic acids is 2. The summed E-state index contributed by atoms with van der Waals surface area (Å²) < 4.78 is 15.3. The molecule has 2 rings (SSSR count). The van der Waals surface area contributed by atoms with E-state index in [1.165, 1.54) is 26.0 Å². The zero-order valence-corrected chi connectivity index (χ0v) is 14.7. The standard InChI is InChI=1S/C17H21N3O5/c1-11-9-16(19-25-11)18-17(22)7-8-20(12(2)21)13-5-6-14(23-3)15(10-13)24-4/h5-6,9-10H,7-8H2,1-4H3,(H,18,19,22). The summed E-state index contributed by atoms with van der Waals surface area (Å²) in [4.78, 5) is 25.5. The number of nitrogens with zero attached hydrogens (tertiary/aromatic N) is 2. The maximum Gasteiger partial charge on any atom is 0.227 e. The van der Waals surface area contributed by atoms with Crippen molar-refractivity contribution >= 4 is 23.3 Å². The van der Waals surface area contributed by atoms with E-state index in [1.807, 2.05) is 0 Å². The summed E-state index contributed by atoms with van der Waals surface area (Å²) in [7, 11) is 3.06. The van der Waals surface area contributed by atoms with Crippen LogP contribution in [0.3, 0.4) is 0 Å². The van der Waals surface area contributed by atoms with Gasteiger partial charge in [0.1, 0.15) is 5.76 Å². The van der Waals surface area contributed by atoms with Crippen molar-refractivity contribution in [3.8, 4) is 11.5 Å². The second-order valence-electron chi connectivity index (χ2n) is 5.33. The Bertz CT molecular complexity index is 756. The van der Waals surface area contributed by atoms with Crippen molar-refractivity contribution in [1.82, 2.24) is 5.16 Å². The van der Waals surface area contributed by atoms with Gasteiger partial charge in [0, 0.05) is 37.7 Å². The van der Waals surface area contributed by atoms with E-state index in [1.54, 1.807) is 31.2 Å². The van der Waals surface area contributed by atoms with Gasteiger partial charge < -0.3 is 24.2 Å². The molecule has 0 bridgehead atoms. The third kappa shape index (κ3) is 4.72. The van der Waals surface area contributed by atoms with Gasteiger partial charge in [-0.05, 0) is 19.1 Å². The number of amides is 2. The SMILES string of the molecule is COc1ccc(N(CCC(=O)Nc2cc(C)on2)C(C)=O)cc1OC. The third-order valence-corrected chi connectivity index (χ3v) is 3.52. The number of rotatable bonds is 7. The maximum atomic E-state index is 12.0. The molecule has 0 saturated heterocycles. The largest absolute Gasteiger partial charge is 0.493 e. The minimum absolute atomic E-state index is 0.111. The smallest absolute Gasteiger partial charge is 0.227 e. The highest BCUT2D eigenvalue weighted by atomic mass is 16.5. The highest BCUT2D eigenvalue weighted by molar-refractivity contribution is 5.94. The fourth-order valence-electron chi connectivity index (χ4n) is 2.31. The van der Waals surface area contributed by atoms with E-state index < -0.39 is 0 Å². The fourth-order valence-corrected chi connectivity index (χ4v) is 2.31. The van der Waals surface area contributed by atoms with E-state index in [-0.39, 0.29) is 24.8 Å². The number of aryl methyl sites for hydroxylation is 1. The van der Waals surface area contributed by atoms with E-state index in [0.717, 1.165) is 0 Å². The van der Waals surface area contributed by atoms with Gasteiger partial charge in [0.25, 0.3) is 0 Å². The molecule has 1 aromatic heterocycles. The fraction of sp³-hybridized carbons (Fsp3) is 0.353. The van der Waals surface area contributed by atoms with Crippen LogP contribution >= 0.6 is 0 Å². The molecular weight excluding hydrogens is 326 g/mol. The average molecular weight is 347 g/mol. The highest BCUT2D eigenvalue weighted by Crippen LogP contribution is 2.31. The van der Waals surface area contributed by atoms with Crippen molar-refractivity contribution in [3.05, 3.63) is 30.0 Å². The van der Waals surface area contributed by atoms with Gasteiger partial charge >= 0.3 is 0 Å². The number of anilines is 2. The molecule has 0 unspecified atom stereocenters.